The van der Waals surface area contributed by atoms with Crippen molar-refractivity contribution in [1.29, 1.82) is 0 Å². The predicted molar refractivity (Wildman–Crippen MR) is 82.5 cm³/mol. The standard InChI is InChI=1S/C15H26N2O3S/c1-11-13(10-16)14(12(2)20-11)21(18,19)17-8-5-6-15(3,4)7-9-17/h5-10,16H2,1-4H3. The molecular weight excluding hydrogens is 288 g/mol. The van der Waals surface area contributed by atoms with Crippen molar-refractivity contribution in [3.63, 3.8) is 0 Å². The van der Waals surface area contributed by atoms with Gasteiger partial charge in [-0.25, -0.2) is 8.42 Å². The number of hydrogen-bond acceptors (Lipinski definition) is 4. The van der Waals surface area contributed by atoms with Crippen molar-refractivity contribution >= 4 is 10.0 Å². The minimum absolute atomic E-state index is 0.178. The summed E-state index contributed by atoms with van der Waals surface area (Å²) in [6.45, 7) is 9.16. The molecule has 1 aliphatic heterocycles. The molecule has 1 aliphatic rings. The topological polar surface area (TPSA) is 76.5 Å². The Morgan fingerprint density at radius 3 is 2.48 bits per heavy atom. The lowest BCUT2D eigenvalue weighted by Crippen LogP contribution is -2.33. The molecule has 0 amide bonds. The van der Waals surface area contributed by atoms with Gasteiger partial charge in [0.1, 0.15) is 16.4 Å². The van der Waals surface area contributed by atoms with Crippen LogP contribution in [0.2, 0.25) is 0 Å². The van der Waals surface area contributed by atoms with Gasteiger partial charge in [-0.1, -0.05) is 13.8 Å². The number of nitrogens with zero attached hydrogens (tertiary/aromatic N) is 1. The molecule has 0 saturated carbocycles. The molecule has 1 aromatic rings. The van der Waals surface area contributed by atoms with Crippen molar-refractivity contribution in [1.82, 2.24) is 4.31 Å². The fourth-order valence-corrected chi connectivity index (χ4v) is 4.95. The molecule has 2 heterocycles. The molecule has 1 saturated heterocycles. The Hall–Kier alpha value is -0.850. The van der Waals surface area contributed by atoms with Gasteiger partial charge < -0.3 is 10.2 Å². The number of aryl methyl sites for hydroxylation is 2. The van der Waals surface area contributed by atoms with E-state index in [1.165, 1.54) is 0 Å². The first-order chi connectivity index (χ1) is 9.69. The van der Waals surface area contributed by atoms with Crippen molar-refractivity contribution < 1.29 is 12.8 Å². The van der Waals surface area contributed by atoms with Gasteiger partial charge in [0.15, 0.2) is 0 Å². The monoisotopic (exact) mass is 314 g/mol. The number of hydrogen-bond donors (Lipinski definition) is 1. The zero-order chi connectivity index (χ0) is 15.8. The molecule has 0 bridgehead atoms. The fraction of sp³-hybridized carbons (Fsp3) is 0.733. The molecule has 1 fully saturated rings. The second kappa shape index (κ2) is 5.74. The molecule has 2 N–H and O–H groups in total. The van der Waals surface area contributed by atoms with Crippen LogP contribution < -0.4 is 5.73 Å². The van der Waals surface area contributed by atoms with E-state index in [4.69, 9.17) is 10.2 Å². The largest absolute Gasteiger partial charge is 0.465 e. The van der Waals surface area contributed by atoms with Crippen LogP contribution >= 0.6 is 0 Å². The van der Waals surface area contributed by atoms with Gasteiger partial charge in [-0.2, -0.15) is 4.31 Å². The zero-order valence-corrected chi connectivity index (χ0v) is 14.2. The lowest BCUT2D eigenvalue weighted by atomic mass is 9.85. The number of sulfonamides is 1. The van der Waals surface area contributed by atoms with Crippen LogP contribution in [0.3, 0.4) is 0 Å². The van der Waals surface area contributed by atoms with Gasteiger partial charge in [-0.05, 0) is 38.5 Å². The van der Waals surface area contributed by atoms with E-state index in [1.807, 2.05) is 0 Å². The van der Waals surface area contributed by atoms with Crippen molar-refractivity contribution in [3.05, 3.63) is 17.1 Å². The average Bonchev–Trinajstić information content (AvgIpc) is 2.54. The van der Waals surface area contributed by atoms with Crippen LogP contribution in [0.5, 0.6) is 0 Å². The van der Waals surface area contributed by atoms with Crippen molar-refractivity contribution in [2.75, 3.05) is 13.1 Å². The maximum Gasteiger partial charge on any atom is 0.246 e. The van der Waals surface area contributed by atoms with Crippen LogP contribution in [0.25, 0.3) is 0 Å². The third kappa shape index (κ3) is 3.17. The number of furan rings is 1. The highest BCUT2D eigenvalue weighted by Gasteiger charge is 2.34. The van der Waals surface area contributed by atoms with Crippen molar-refractivity contribution in [2.24, 2.45) is 11.1 Å². The van der Waals surface area contributed by atoms with E-state index in [0.29, 0.717) is 30.2 Å². The molecule has 21 heavy (non-hydrogen) atoms. The lowest BCUT2D eigenvalue weighted by molar-refractivity contribution is 0.314. The van der Waals surface area contributed by atoms with Gasteiger partial charge >= 0.3 is 0 Å². The summed E-state index contributed by atoms with van der Waals surface area (Å²) in [5.41, 5.74) is 6.53. The summed E-state index contributed by atoms with van der Waals surface area (Å²) in [6.07, 6.45) is 2.81. The molecule has 0 aliphatic carbocycles. The molecule has 120 valence electrons. The summed E-state index contributed by atoms with van der Waals surface area (Å²) >= 11 is 0. The smallest absolute Gasteiger partial charge is 0.246 e. The Labute approximate surface area is 127 Å². The Kier molecular flexibility index (Phi) is 4.52. The molecule has 0 unspecified atom stereocenters. The summed E-state index contributed by atoms with van der Waals surface area (Å²) < 4.78 is 33.0. The van der Waals surface area contributed by atoms with Crippen LogP contribution in [0.15, 0.2) is 9.31 Å². The first-order valence-corrected chi connectivity index (χ1v) is 8.92. The summed E-state index contributed by atoms with van der Waals surface area (Å²) in [6, 6.07) is 0. The van der Waals surface area contributed by atoms with Crippen LogP contribution in [-0.4, -0.2) is 25.8 Å². The van der Waals surface area contributed by atoms with Gasteiger partial charge in [0, 0.05) is 25.2 Å². The maximum atomic E-state index is 13.0. The molecule has 2 rings (SSSR count). The molecule has 0 aromatic carbocycles. The number of rotatable bonds is 3. The second-order valence-electron chi connectivity index (χ2n) is 6.65. The van der Waals surface area contributed by atoms with Crippen molar-refractivity contribution in [3.8, 4) is 0 Å². The molecule has 1 aromatic heterocycles. The molecule has 0 spiro atoms. The van der Waals surface area contributed by atoms with Gasteiger partial charge in [-0.3, -0.25) is 0 Å². The second-order valence-corrected chi connectivity index (χ2v) is 8.52. The Balaban J connectivity index is 2.39. The number of nitrogens with two attached hydrogens (primary N) is 1. The van der Waals surface area contributed by atoms with Crippen LogP contribution in [0.4, 0.5) is 0 Å². The molecule has 0 radical (unpaired) electrons. The van der Waals surface area contributed by atoms with E-state index >= 15 is 0 Å². The van der Waals surface area contributed by atoms with Crippen LogP contribution in [-0.2, 0) is 16.6 Å². The summed E-state index contributed by atoms with van der Waals surface area (Å²) in [7, 11) is -3.53. The minimum atomic E-state index is -3.53. The minimum Gasteiger partial charge on any atom is -0.465 e. The fourth-order valence-electron chi connectivity index (χ4n) is 3.05. The SMILES string of the molecule is Cc1oc(C)c(S(=O)(=O)N2CCCC(C)(C)CC2)c1CN. The molecular formula is C15H26N2O3S. The predicted octanol–water partition coefficient (Wildman–Crippen LogP) is 2.56. The Bertz CT molecular complexity index is 617. The average molecular weight is 314 g/mol. The van der Waals surface area contributed by atoms with Gasteiger partial charge in [0.25, 0.3) is 0 Å². The van der Waals surface area contributed by atoms with Crippen molar-refractivity contribution in [2.45, 2.75) is 58.4 Å². The van der Waals surface area contributed by atoms with Crippen LogP contribution in [0, 0.1) is 19.3 Å². The summed E-state index contributed by atoms with van der Waals surface area (Å²) in [5.74, 6) is 1.04. The highest BCUT2D eigenvalue weighted by Crippen LogP contribution is 2.34. The third-order valence-electron chi connectivity index (χ3n) is 4.43. The lowest BCUT2D eigenvalue weighted by Gasteiger charge is -2.23. The highest BCUT2D eigenvalue weighted by atomic mass is 32.2. The third-order valence-corrected chi connectivity index (χ3v) is 6.52. The van der Waals surface area contributed by atoms with E-state index < -0.39 is 10.0 Å². The maximum absolute atomic E-state index is 13.0. The normalized spacial score (nSPS) is 20.4. The van der Waals surface area contributed by atoms with E-state index in [-0.39, 0.29) is 16.9 Å². The first-order valence-electron chi connectivity index (χ1n) is 7.48. The van der Waals surface area contributed by atoms with Gasteiger partial charge in [0.2, 0.25) is 10.0 Å². The van der Waals surface area contributed by atoms with Gasteiger partial charge in [-0.15, -0.1) is 0 Å². The molecule has 0 atom stereocenters. The quantitative estimate of drug-likeness (QED) is 0.930. The van der Waals surface area contributed by atoms with E-state index in [0.717, 1.165) is 19.3 Å². The Morgan fingerprint density at radius 2 is 1.86 bits per heavy atom. The molecule has 5 nitrogen and oxygen atoms in total. The molecule has 6 heteroatoms. The summed E-state index contributed by atoms with van der Waals surface area (Å²) in [5, 5.41) is 0. The van der Waals surface area contributed by atoms with E-state index in [2.05, 4.69) is 13.8 Å². The zero-order valence-electron chi connectivity index (χ0n) is 13.4. The Morgan fingerprint density at radius 1 is 1.19 bits per heavy atom. The highest BCUT2D eigenvalue weighted by molar-refractivity contribution is 7.89. The van der Waals surface area contributed by atoms with E-state index in [9.17, 15) is 8.42 Å². The first kappa shape index (κ1) is 16.5. The van der Waals surface area contributed by atoms with Crippen LogP contribution in [0.1, 0.15) is 50.2 Å². The summed E-state index contributed by atoms with van der Waals surface area (Å²) in [4.78, 5) is 0.280. The van der Waals surface area contributed by atoms with Gasteiger partial charge in [0.05, 0.1) is 0 Å². The van der Waals surface area contributed by atoms with E-state index in [1.54, 1.807) is 18.2 Å².